The maximum absolute atomic E-state index is 11.9. The summed E-state index contributed by atoms with van der Waals surface area (Å²) in [5.74, 6) is 0. The molecular formula is C14H14BrNO3S. The highest BCUT2D eigenvalue weighted by molar-refractivity contribution is 9.10. The zero-order valence-electron chi connectivity index (χ0n) is 10.9. The highest BCUT2D eigenvalue weighted by atomic mass is 79.9. The Morgan fingerprint density at radius 3 is 2.25 bits per heavy atom. The molecule has 0 N–H and O–H groups in total. The van der Waals surface area contributed by atoms with Crippen LogP contribution in [0.4, 0.5) is 5.69 Å². The lowest BCUT2D eigenvalue weighted by Gasteiger charge is -2.22. The van der Waals surface area contributed by atoms with Crippen LogP contribution in [0.3, 0.4) is 0 Å². The zero-order valence-corrected chi connectivity index (χ0v) is 13.3. The Hall–Kier alpha value is -1.37. The Labute approximate surface area is 127 Å². The summed E-state index contributed by atoms with van der Waals surface area (Å²) in [6.07, 6.45) is 1.11. The van der Waals surface area contributed by atoms with Crippen molar-refractivity contribution in [3.05, 3.63) is 64.6 Å². The van der Waals surface area contributed by atoms with Crippen molar-refractivity contribution in [2.24, 2.45) is 0 Å². The van der Waals surface area contributed by atoms with Crippen molar-refractivity contribution >= 4 is 31.6 Å². The van der Waals surface area contributed by atoms with Gasteiger partial charge in [0, 0.05) is 4.47 Å². The van der Waals surface area contributed by atoms with E-state index >= 15 is 0 Å². The first-order valence-corrected chi connectivity index (χ1v) is 8.54. The van der Waals surface area contributed by atoms with Crippen LogP contribution in [0.25, 0.3) is 0 Å². The quantitative estimate of drug-likeness (QED) is 0.772. The van der Waals surface area contributed by atoms with Crippen LogP contribution in [0.15, 0.2) is 59.1 Å². The molecule has 2 aromatic carbocycles. The molecule has 106 valence electrons. The van der Waals surface area contributed by atoms with Gasteiger partial charge in [0.1, 0.15) is 6.61 Å². The molecule has 0 radical (unpaired) electrons. The minimum Gasteiger partial charge on any atom is -0.254 e. The molecule has 6 heteroatoms. The minimum absolute atomic E-state index is 0.176. The molecule has 2 aromatic rings. The van der Waals surface area contributed by atoms with Gasteiger partial charge in [-0.25, -0.2) is 8.42 Å². The molecule has 0 aliphatic rings. The topological polar surface area (TPSA) is 46.6 Å². The molecule has 0 bridgehead atoms. The number of sulfonamides is 1. The molecule has 20 heavy (non-hydrogen) atoms. The molecule has 0 unspecified atom stereocenters. The van der Waals surface area contributed by atoms with Gasteiger partial charge in [0.25, 0.3) is 10.0 Å². The van der Waals surface area contributed by atoms with Crippen molar-refractivity contribution in [2.45, 2.75) is 6.61 Å². The lowest BCUT2D eigenvalue weighted by Crippen LogP contribution is -2.30. The van der Waals surface area contributed by atoms with Crippen LogP contribution in [-0.2, 0) is 21.5 Å². The number of hydrogen-bond acceptors (Lipinski definition) is 3. The second-order valence-electron chi connectivity index (χ2n) is 4.20. The van der Waals surface area contributed by atoms with Crippen molar-refractivity contribution in [2.75, 3.05) is 10.7 Å². The first-order chi connectivity index (χ1) is 9.48. The van der Waals surface area contributed by atoms with Crippen molar-refractivity contribution in [1.82, 2.24) is 0 Å². The van der Waals surface area contributed by atoms with E-state index in [0.717, 1.165) is 16.3 Å². The van der Waals surface area contributed by atoms with Crippen LogP contribution in [0.5, 0.6) is 0 Å². The van der Waals surface area contributed by atoms with E-state index in [2.05, 4.69) is 15.9 Å². The Morgan fingerprint density at radius 1 is 1.05 bits per heavy atom. The minimum atomic E-state index is -3.53. The summed E-state index contributed by atoms with van der Waals surface area (Å²) in [6, 6.07) is 16.4. The van der Waals surface area contributed by atoms with Gasteiger partial charge in [-0.3, -0.25) is 4.84 Å². The summed E-state index contributed by atoms with van der Waals surface area (Å²) >= 11 is 3.33. The first-order valence-electron chi connectivity index (χ1n) is 5.90. The van der Waals surface area contributed by atoms with Crippen LogP contribution in [0.1, 0.15) is 5.56 Å². The third-order valence-electron chi connectivity index (χ3n) is 2.54. The lowest BCUT2D eigenvalue weighted by atomic mass is 10.2. The molecule has 2 rings (SSSR count). The van der Waals surface area contributed by atoms with Crippen LogP contribution in [0, 0.1) is 0 Å². The number of benzene rings is 2. The molecule has 0 fully saturated rings. The summed E-state index contributed by atoms with van der Waals surface area (Å²) < 4.78 is 25.4. The number of hydrogen-bond donors (Lipinski definition) is 0. The Morgan fingerprint density at radius 2 is 1.65 bits per heavy atom. The van der Waals surface area contributed by atoms with E-state index in [9.17, 15) is 8.42 Å². The van der Waals surface area contributed by atoms with E-state index < -0.39 is 10.0 Å². The third kappa shape index (κ3) is 3.82. The van der Waals surface area contributed by atoms with E-state index in [1.54, 1.807) is 18.2 Å². The van der Waals surface area contributed by atoms with E-state index in [-0.39, 0.29) is 6.61 Å². The Kier molecular flexibility index (Phi) is 4.80. The van der Waals surface area contributed by atoms with E-state index in [4.69, 9.17) is 4.84 Å². The van der Waals surface area contributed by atoms with Crippen molar-refractivity contribution in [1.29, 1.82) is 0 Å². The predicted octanol–water partition coefficient (Wildman–Crippen LogP) is 3.35. The average Bonchev–Trinajstić information content (AvgIpc) is 2.41. The fourth-order valence-electron chi connectivity index (χ4n) is 1.65. The van der Waals surface area contributed by atoms with Gasteiger partial charge in [0.2, 0.25) is 0 Å². The summed E-state index contributed by atoms with van der Waals surface area (Å²) in [5.41, 5.74) is 1.35. The smallest absolute Gasteiger partial charge is 0.254 e. The summed E-state index contributed by atoms with van der Waals surface area (Å²) in [5, 5.41) is 0. The van der Waals surface area contributed by atoms with Crippen LogP contribution < -0.4 is 4.47 Å². The summed E-state index contributed by atoms with van der Waals surface area (Å²) in [7, 11) is -3.53. The SMILES string of the molecule is CS(=O)(=O)N(OCc1ccccc1)c1ccccc1Br. The second-order valence-corrected chi connectivity index (χ2v) is 6.85. The van der Waals surface area contributed by atoms with Crippen LogP contribution in [0.2, 0.25) is 0 Å². The molecule has 4 nitrogen and oxygen atoms in total. The maximum Gasteiger partial charge on any atom is 0.254 e. The fourth-order valence-corrected chi connectivity index (χ4v) is 2.98. The predicted molar refractivity (Wildman–Crippen MR) is 82.7 cm³/mol. The van der Waals surface area contributed by atoms with E-state index in [1.165, 1.54) is 0 Å². The highest BCUT2D eigenvalue weighted by Crippen LogP contribution is 2.28. The van der Waals surface area contributed by atoms with Gasteiger partial charge in [-0.05, 0) is 33.6 Å². The monoisotopic (exact) mass is 355 g/mol. The standard InChI is InChI=1S/C14H14BrNO3S/c1-20(17,18)16(14-10-6-5-9-13(14)15)19-11-12-7-3-2-4-8-12/h2-10H,11H2,1H3. The Balaban J connectivity index is 2.24. The summed E-state index contributed by atoms with van der Waals surface area (Å²) in [6.45, 7) is 0.176. The van der Waals surface area contributed by atoms with Gasteiger partial charge in [0.05, 0.1) is 11.9 Å². The van der Waals surface area contributed by atoms with Crippen molar-refractivity contribution in [3.63, 3.8) is 0 Å². The molecule has 0 spiro atoms. The molecular weight excluding hydrogens is 342 g/mol. The van der Waals surface area contributed by atoms with E-state index in [0.29, 0.717) is 10.2 Å². The fraction of sp³-hybridized carbons (Fsp3) is 0.143. The molecule has 0 atom stereocenters. The van der Waals surface area contributed by atoms with Gasteiger partial charge in [-0.2, -0.15) is 0 Å². The summed E-state index contributed by atoms with van der Waals surface area (Å²) in [4.78, 5) is 5.47. The largest absolute Gasteiger partial charge is 0.254 e. The average molecular weight is 356 g/mol. The van der Waals surface area contributed by atoms with Crippen LogP contribution >= 0.6 is 15.9 Å². The molecule has 0 saturated carbocycles. The molecule has 0 aliphatic heterocycles. The third-order valence-corrected chi connectivity index (χ3v) is 4.12. The van der Waals surface area contributed by atoms with Gasteiger partial charge in [0.15, 0.2) is 0 Å². The Bertz CT molecular complexity index is 674. The van der Waals surface area contributed by atoms with Gasteiger partial charge in [-0.15, -0.1) is 4.47 Å². The maximum atomic E-state index is 11.9. The lowest BCUT2D eigenvalue weighted by molar-refractivity contribution is 0.135. The normalized spacial score (nSPS) is 11.3. The van der Waals surface area contributed by atoms with Crippen molar-refractivity contribution in [3.8, 4) is 0 Å². The molecule has 0 aliphatic carbocycles. The molecule has 0 heterocycles. The number of anilines is 1. The highest BCUT2D eigenvalue weighted by Gasteiger charge is 2.20. The molecule has 0 amide bonds. The molecule has 0 saturated heterocycles. The van der Waals surface area contributed by atoms with Gasteiger partial charge in [-0.1, -0.05) is 42.5 Å². The zero-order chi connectivity index (χ0) is 14.6. The number of para-hydroxylation sites is 1. The van der Waals surface area contributed by atoms with Gasteiger partial charge < -0.3 is 0 Å². The van der Waals surface area contributed by atoms with Gasteiger partial charge >= 0.3 is 0 Å². The van der Waals surface area contributed by atoms with Crippen molar-refractivity contribution < 1.29 is 13.3 Å². The number of nitrogens with zero attached hydrogens (tertiary/aromatic N) is 1. The number of rotatable bonds is 5. The van der Waals surface area contributed by atoms with E-state index in [1.807, 2.05) is 36.4 Å². The first kappa shape index (κ1) is 15.0. The second kappa shape index (κ2) is 6.39. The van der Waals surface area contributed by atoms with Crippen LogP contribution in [-0.4, -0.2) is 14.7 Å². The molecule has 0 aromatic heterocycles. The number of halogens is 1.